The van der Waals surface area contributed by atoms with Crippen molar-refractivity contribution >= 4 is 0 Å². The van der Waals surface area contributed by atoms with E-state index < -0.39 is 5.60 Å². The van der Waals surface area contributed by atoms with Gasteiger partial charge in [0, 0.05) is 20.1 Å². The highest BCUT2D eigenvalue weighted by atomic mass is 16.5. The molecular weight excluding hydrogens is 290 g/mol. The highest BCUT2D eigenvalue weighted by molar-refractivity contribution is 5.35. The van der Waals surface area contributed by atoms with Crippen molar-refractivity contribution in [2.45, 2.75) is 38.3 Å². The summed E-state index contributed by atoms with van der Waals surface area (Å²) in [5.41, 5.74) is 3.53. The van der Waals surface area contributed by atoms with E-state index in [4.69, 9.17) is 4.74 Å². The smallest absolute Gasteiger partial charge is 0.216 e. The minimum atomic E-state index is -0.793. The number of nitrogens with zero attached hydrogens (tertiary/aromatic N) is 2. The van der Waals surface area contributed by atoms with Crippen molar-refractivity contribution in [1.29, 1.82) is 0 Å². The third-order valence-electron chi connectivity index (χ3n) is 4.76. The van der Waals surface area contributed by atoms with Gasteiger partial charge in [0.05, 0.1) is 18.4 Å². The highest BCUT2D eigenvalue weighted by Crippen LogP contribution is 2.34. The molecule has 0 radical (unpaired) electrons. The van der Waals surface area contributed by atoms with Crippen LogP contribution in [0.3, 0.4) is 0 Å². The first-order valence-electron chi connectivity index (χ1n) is 8.13. The second-order valence-corrected chi connectivity index (χ2v) is 6.34. The van der Waals surface area contributed by atoms with Gasteiger partial charge in [0.1, 0.15) is 5.60 Å². The molecule has 0 saturated carbocycles. The lowest BCUT2D eigenvalue weighted by Gasteiger charge is -2.34. The highest BCUT2D eigenvalue weighted by Gasteiger charge is 2.33. The fourth-order valence-corrected chi connectivity index (χ4v) is 3.62. The van der Waals surface area contributed by atoms with Crippen molar-refractivity contribution in [2.75, 3.05) is 13.7 Å². The first-order valence-corrected chi connectivity index (χ1v) is 8.13. The zero-order valence-corrected chi connectivity index (χ0v) is 14.1. The Hall–Kier alpha value is -1.85. The summed E-state index contributed by atoms with van der Waals surface area (Å²) in [6.45, 7) is 3.14. The maximum absolute atomic E-state index is 11.1. The van der Waals surface area contributed by atoms with Gasteiger partial charge in [0.15, 0.2) is 0 Å². The van der Waals surface area contributed by atoms with Crippen LogP contribution in [-0.4, -0.2) is 28.5 Å². The Morgan fingerprint density at radius 3 is 2.96 bits per heavy atom. The molecule has 1 aromatic heterocycles. The summed E-state index contributed by atoms with van der Waals surface area (Å²) in [5, 5.41) is 18.9. The molecule has 0 spiro atoms. The van der Waals surface area contributed by atoms with Gasteiger partial charge < -0.3 is 15.2 Å². The monoisotopic (exact) mass is 315 g/mol. The van der Waals surface area contributed by atoms with Crippen molar-refractivity contribution in [3.63, 3.8) is 0 Å². The molecule has 1 aliphatic carbocycles. The van der Waals surface area contributed by atoms with Crippen molar-refractivity contribution in [1.82, 2.24) is 15.1 Å². The predicted molar refractivity (Wildman–Crippen MR) is 89.5 cm³/mol. The van der Waals surface area contributed by atoms with E-state index in [9.17, 15) is 5.11 Å². The summed E-state index contributed by atoms with van der Waals surface area (Å²) in [4.78, 5) is 0. The number of aromatic nitrogens is 2. The normalized spacial score (nSPS) is 20.3. The Labute approximate surface area is 137 Å². The maximum atomic E-state index is 11.1. The lowest BCUT2D eigenvalue weighted by atomic mass is 9.79. The zero-order valence-electron chi connectivity index (χ0n) is 14.1. The average Bonchev–Trinajstić information content (AvgIpc) is 2.81. The third-order valence-corrected chi connectivity index (χ3v) is 4.76. The molecular formula is C18H25N3O2. The van der Waals surface area contributed by atoms with E-state index in [1.165, 1.54) is 5.56 Å². The number of ether oxygens (including phenoxy) is 1. The van der Waals surface area contributed by atoms with Crippen LogP contribution in [0.4, 0.5) is 0 Å². The lowest BCUT2D eigenvalue weighted by Crippen LogP contribution is -2.40. The van der Waals surface area contributed by atoms with Gasteiger partial charge in [-0.1, -0.05) is 24.3 Å². The van der Waals surface area contributed by atoms with Crippen molar-refractivity contribution in [3.05, 3.63) is 46.6 Å². The molecule has 3 rings (SSSR count). The molecule has 0 saturated heterocycles. The van der Waals surface area contributed by atoms with Crippen LogP contribution in [0.2, 0.25) is 0 Å². The molecule has 2 aromatic rings. The molecule has 5 heteroatoms. The molecule has 1 aliphatic rings. The summed E-state index contributed by atoms with van der Waals surface area (Å²) in [6, 6.07) is 8.21. The van der Waals surface area contributed by atoms with Gasteiger partial charge >= 0.3 is 0 Å². The van der Waals surface area contributed by atoms with Gasteiger partial charge in [-0.3, -0.25) is 0 Å². The fourth-order valence-electron chi connectivity index (χ4n) is 3.62. The number of benzene rings is 1. The third kappa shape index (κ3) is 2.99. The van der Waals surface area contributed by atoms with Crippen LogP contribution in [-0.2, 0) is 25.6 Å². The van der Waals surface area contributed by atoms with E-state index in [2.05, 4.69) is 16.5 Å². The fraction of sp³-hybridized carbons (Fsp3) is 0.500. The van der Waals surface area contributed by atoms with Crippen LogP contribution < -0.4 is 10.1 Å². The van der Waals surface area contributed by atoms with Crippen LogP contribution in [0.5, 0.6) is 5.88 Å². The van der Waals surface area contributed by atoms with E-state index in [1.807, 2.05) is 32.2 Å². The van der Waals surface area contributed by atoms with Crippen LogP contribution in [0.25, 0.3) is 0 Å². The number of rotatable bonds is 5. The Balaban J connectivity index is 1.72. The molecule has 23 heavy (non-hydrogen) atoms. The lowest BCUT2D eigenvalue weighted by molar-refractivity contribution is 0.0189. The van der Waals surface area contributed by atoms with Crippen LogP contribution >= 0.6 is 0 Å². The largest absolute Gasteiger partial charge is 0.481 e. The molecule has 5 nitrogen and oxygen atoms in total. The van der Waals surface area contributed by atoms with Crippen LogP contribution in [0.15, 0.2) is 24.3 Å². The molecule has 1 unspecified atom stereocenters. The molecule has 0 aliphatic heterocycles. The average molecular weight is 315 g/mol. The van der Waals surface area contributed by atoms with Crippen molar-refractivity contribution in [3.8, 4) is 5.88 Å². The van der Waals surface area contributed by atoms with Gasteiger partial charge in [-0.25, -0.2) is 4.68 Å². The van der Waals surface area contributed by atoms with Crippen molar-refractivity contribution < 1.29 is 9.84 Å². The summed E-state index contributed by atoms with van der Waals surface area (Å²) >= 11 is 0. The van der Waals surface area contributed by atoms with Gasteiger partial charge in [0.25, 0.3) is 0 Å². The Bertz CT molecular complexity index is 696. The number of aliphatic hydroxyl groups is 1. The molecule has 0 fully saturated rings. The first-order chi connectivity index (χ1) is 11.0. The molecule has 1 atom stereocenters. The minimum absolute atomic E-state index is 0.529. The zero-order chi connectivity index (χ0) is 16.4. The number of hydrogen-bond acceptors (Lipinski definition) is 4. The van der Waals surface area contributed by atoms with E-state index in [0.29, 0.717) is 13.1 Å². The summed E-state index contributed by atoms with van der Waals surface area (Å²) in [6.07, 6.45) is 2.86. The van der Waals surface area contributed by atoms with Crippen LogP contribution in [0, 0.1) is 6.92 Å². The number of fused-ring (bicyclic) bond motifs is 1. The minimum Gasteiger partial charge on any atom is -0.481 e. The second kappa shape index (κ2) is 6.34. The molecule has 1 aromatic carbocycles. The number of nitrogens with one attached hydrogen (secondary N) is 1. The van der Waals surface area contributed by atoms with E-state index >= 15 is 0 Å². The second-order valence-electron chi connectivity index (χ2n) is 6.34. The molecule has 1 heterocycles. The molecule has 0 bridgehead atoms. The van der Waals surface area contributed by atoms with E-state index in [0.717, 1.165) is 42.0 Å². The Morgan fingerprint density at radius 2 is 2.17 bits per heavy atom. The van der Waals surface area contributed by atoms with E-state index in [1.54, 1.807) is 11.8 Å². The van der Waals surface area contributed by atoms with Crippen LogP contribution in [0.1, 0.15) is 35.2 Å². The summed E-state index contributed by atoms with van der Waals surface area (Å²) < 4.78 is 7.17. The molecule has 0 amide bonds. The quantitative estimate of drug-likeness (QED) is 0.886. The number of aryl methyl sites for hydroxylation is 3. The molecule has 124 valence electrons. The number of methoxy groups -OCH3 is 1. The van der Waals surface area contributed by atoms with Crippen molar-refractivity contribution in [2.24, 2.45) is 7.05 Å². The topological polar surface area (TPSA) is 59.3 Å². The summed E-state index contributed by atoms with van der Waals surface area (Å²) in [7, 11) is 3.53. The van der Waals surface area contributed by atoms with Gasteiger partial charge in [0.2, 0.25) is 5.88 Å². The number of hydrogen-bond donors (Lipinski definition) is 2. The van der Waals surface area contributed by atoms with E-state index in [-0.39, 0.29) is 0 Å². The van der Waals surface area contributed by atoms with Gasteiger partial charge in [-0.05, 0) is 37.3 Å². The maximum Gasteiger partial charge on any atom is 0.216 e. The van der Waals surface area contributed by atoms with Gasteiger partial charge in [-0.15, -0.1) is 0 Å². The predicted octanol–water partition coefficient (Wildman–Crippen LogP) is 2.05. The SMILES string of the molecule is COc1c(CNCC2(O)CCCc3ccccc32)c(C)nn1C. The van der Waals surface area contributed by atoms with Gasteiger partial charge in [-0.2, -0.15) is 5.10 Å². The Kier molecular flexibility index (Phi) is 4.41. The first kappa shape index (κ1) is 16.0. The molecule has 2 N–H and O–H groups in total. The standard InChI is InChI=1S/C18H25N3O2/c1-13-15(17(23-3)21(2)20-13)11-19-12-18(22)10-6-8-14-7-4-5-9-16(14)18/h4-5,7,9,19,22H,6,8,10-12H2,1-3H3. The Morgan fingerprint density at radius 1 is 1.39 bits per heavy atom. The summed E-state index contributed by atoms with van der Waals surface area (Å²) in [5.74, 6) is 0.769.